The Kier molecular flexibility index (Phi) is 6.93. The molecule has 1 saturated heterocycles. The van der Waals surface area contributed by atoms with E-state index in [2.05, 4.69) is 14.9 Å². The van der Waals surface area contributed by atoms with Gasteiger partial charge in [0.2, 0.25) is 5.95 Å². The highest BCUT2D eigenvalue weighted by atomic mass is 19.1. The van der Waals surface area contributed by atoms with Gasteiger partial charge in [-0.2, -0.15) is 0 Å². The molecule has 200 valence electrons. The molecule has 2 amide bonds. The molecule has 0 saturated carbocycles. The van der Waals surface area contributed by atoms with E-state index in [0.717, 1.165) is 5.56 Å². The molecule has 0 aliphatic carbocycles. The number of fused-ring (bicyclic) bond motifs is 1. The molecule has 3 heterocycles. The van der Waals surface area contributed by atoms with Gasteiger partial charge < -0.3 is 14.5 Å². The lowest BCUT2D eigenvalue weighted by Gasteiger charge is -2.34. The van der Waals surface area contributed by atoms with Crippen molar-refractivity contribution in [1.82, 2.24) is 14.9 Å². The van der Waals surface area contributed by atoms with E-state index in [0.29, 0.717) is 54.7 Å². The molecule has 2 aliphatic rings. The maximum Gasteiger partial charge on any atom is 0.294 e. The SMILES string of the molecule is O=C(c1ccc(C=C2Oc3ccccc3N(Cc3cccc(F)c3)C2=O)cc1)N1CCN(c2ncccn2)CC1. The van der Waals surface area contributed by atoms with E-state index in [1.807, 2.05) is 17.0 Å². The Morgan fingerprint density at radius 1 is 0.900 bits per heavy atom. The van der Waals surface area contributed by atoms with Gasteiger partial charge in [-0.15, -0.1) is 0 Å². The summed E-state index contributed by atoms with van der Waals surface area (Å²) in [6.07, 6.45) is 5.08. The number of hydrogen-bond acceptors (Lipinski definition) is 6. The normalized spacial score (nSPS) is 16.1. The summed E-state index contributed by atoms with van der Waals surface area (Å²) in [7, 11) is 0. The van der Waals surface area contributed by atoms with Crippen LogP contribution in [0.5, 0.6) is 5.75 Å². The zero-order valence-electron chi connectivity index (χ0n) is 21.6. The Morgan fingerprint density at radius 3 is 2.40 bits per heavy atom. The third-order valence-electron chi connectivity index (χ3n) is 6.92. The average Bonchev–Trinajstić information content (AvgIpc) is 3.00. The fourth-order valence-corrected chi connectivity index (χ4v) is 4.86. The Morgan fingerprint density at radius 2 is 1.65 bits per heavy atom. The molecule has 0 atom stereocenters. The largest absolute Gasteiger partial charge is 0.449 e. The summed E-state index contributed by atoms with van der Waals surface area (Å²) >= 11 is 0. The minimum absolute atomic E-state index is 0.0481. The van der Waals surface area contributed by atoms with Gasteiger partial charge in [0, 0.05) is 44.1 Å². The molecule has 9 heteroatoms. The van der Waals surface area contributed by atoms with E-state index >= 15 is 0 Å². The van der Waals surface area contributed by atoms with Crippen molar-refractivity contribution in [2.75, 3.05) is 36.0 Å². The van der Waals surface area contributed by atoms with E-state index in [-0.39, 0.29) is 29.9 Å². The number of anilines is 2. The first-order valence-electron chi connectivity index (χ1n) is 13.0. The zero-order valence-corrected chi connectivity index (χ0v) is 21.6. The van der Waals surface area contributed by atoms with Gasteiger partial charge in [-0.3, -0.25) is 14.5 Å². The molecular formula is C31H26FN5O3. The minimum Gasteiger partial charge on any atom is -0.449 e. The van der Waals surface area contributed by atoms with Crippen LogP contribution < -0.4 is 14.5 Å². The van der Waals surface area contributed by atoms with Gasteiger partial charge >= 0.3 is 0 Å². The second kappa shape index (κ2) is 11.0. The number of rotatable bonds is 5. The molecule has 6 rings (SSSR count). The highest BCUT2D eigenvalue weighted by Gasteiger charge is 2.30. The number of aromatic nitrogens is 2. The molecule has 0 radical (unpaired) electrons. The van der Waals surface area contributed by atoms with Crippen LogP contribution in [0, 0.1) is 5.82 Å². The molecular weight excluding hydrogens is 509 g/mol. The summed E-state index contributed by atoms with van der Waals surface area (Å²) in [4.78, 5) is 40.6. The van der Waals surface area contributed by atoms with Crippen molar-refractivity contribution in [3.05, 3.63) is 120 Å². The first kappa shape index (κ1) is 25.2. The second-order valence-electron chi connectivity index (χ2n) is 9.55. The Labute approximate surface area is 231 Å². The van der Waals surface area contributed by atoms with Crippen molar-refractivity contribution in [3.8, 4) is 5.75 Å². The number of piperazine rings is 1. The summed E-state index contributed by atoms with van der Waals surface area (Å²) in [5.74, 6) is 0.619. The molecule has 1 fully saturated rings. The van der Waals surface area contributed by atoms with Crippen molar-refractivity contribution in [1.29, 1.82) is 0 Å². The first-order valence-corrected chi connectivity index (χ1v) is 13.0. The number of hydrogen-bond donors (Lipinski definition) is 0. The number of nitrogens with zero attached hydrogens (tertiary/aromatic N) is 5. The maximum absolute atomic E-state index is 13.8. The van der Waals surface area contributed by atoms with Crippen molar-refractivity contribution < 1.29 is 18.7 Å². The predicted molar refractivity (Wildman–Crippen MR) is 149 cm³/mol. The summed E-state index contributed by atoms with van der Waals surface area (Å²) in [5.41, 5.74) is 2.58. The molecule has 8 nitrogen and oxygen atoms in total. The second-order valence-corrected chi connectivity index (χ2v) is 9.55. The lowest BCUT2D eigenvalue weighted by atomic mass is 10.1. The van der Waals surface area contributed by atoms with Crippen LogP contribution in [0.1, 0.15) is 21.5 Å². The quantitative estimate of drug-likeness (QED) is 0.349. The van der Waals surface area contributed by atoms with Gasteiger partial charge in [-0.25, -0.2) is 14.4 Å². The van der Waals surface area contributed by atoms with Crippen LogP contribution in [-0.2, 0) is 11.3 Å². The van der Waals surface area contributed by atoms with E-state index in [4.69, 9.17) is 4.74 Å². The zero-order chi connectivity index (χ0) is 27.5. The van der Waals surface area contributed by atoms with Crippen LogP contribution in [0.4, 0.5) is 16.0 Å². The van der Waals surface area contributed by atoms with Crippen molar-refractivity contribution >= 4 is 29.5 Å². The number of halogens is 1. The van der Waals surface area contributed by atoms with E-state index in [9.17, 15) is 14.0 Å². The molecule has 0 unspecified atom stereocenters. The lowest BCUT2D eigenvalue weighted by molar-refractivity contribution is -0.117. The molecule has 2 aliphatic heterocycles. The molecule has 0 N–H and O–H groups in total. The van der Waals surface area contributed by atoms with Crippen LogP contribution >= 0.6 is 0 Å². The van der Waals surface area contributed by atoms with Gasteiger partial charge in [0.05, 0.1) is 12.2 Å². The molecule has 1 aromatic heterocycles. The van der Waals surface area contributed by atoms with Gasteiger partial charge in [-0.05, 0) is 59.7 Å². The Hall–Kier alpha value is -5.05. The van der Waals surface area contributed by atoms with Gasteiger partial charge in [0.15, 0.2) is 11.5 Å². The number of carbonyl (C=O) groups excluding carboxylic acids is 2. The summed E-state index contributed by atoms with van der Waals surface area (Å²) in [6, 6.07) is 22.3. The molecule has 4 aromatic rings. The standard InChI is InChI=1S/C31H26FN5O3/c32-25-6-3-5-23(19-25)21-37-26-7-1-2-8-27(26)40-28(30(37)39)20-22-9-11-24(12-10-22)29(38)35-15-17-36(18-16-35)31-33-13-4-14-34-31/h1-14,19-20H,15-18,21H2. The van der Waals surface area contributed by atoms with E-state index in [1.165, 1.54) is 12.1 Å². The monoisotopic (exact) mass is 535 g/mol. The lowest BCUT2D eigenvalue weighted by Crippen LogP contribution is -2.49. The van der Waals surface area contributed by atoms with Crippen LogP contribution in [0.25, 0.3) is 6.08 Å². The van der Waals surface area contributed by atoms with E-state index < -0.39 is 0 Å². The molecule has 3 aromatic carbocycles. The fourth-order valence-electron chi connectivity index (χ4n) is 4.86. The summed E-state index contributed by atoms with van der Waals surface area (Å²) in [5, 5.41) is 0. The number of para-hydroxylation sites is 2. The van der Waals surface area contributed by atoms with Crippen LogP contribution in [0.3, 0.4) is 0 Å². The number of carbonyl (C=O) groups is 2. The third-order valence-corrected chi connectivity index (χ3v) is 6.92. The average molecular weight is 536 g/mol. The van der Waals surface area contributed by atoms with Crippen LogP contribution in [0.2, 0.25) is 0 Å². The van der Waals surface area contributed by atoms with Gasteiger partial charge in [0.1, 0.15) is 5.82 Å². The fraction of sp³-hybridized carbons (Fsp3) is 0.161. The highest BCUT2D eigenvalue weighted by molar-refractivity contribution is 6.09. The van der Waals surface area contributed by atoms with Crippen molar-refractivity contribution in [3.63, 3.8) is 0 Å². The minimum atomic E-state index is -0.357. The van der Waals surface area contributed by atoms with Crippen molar-refractivity contribution in [2.45, 2.75) is 6.54 Å². The predicted octanol–water partition coefficient (Wildman–Crippen LogP) is 4.54. The third kappa shape index (κ3) is 5.26. The van der Waals surface area contributed by atoms with Gasteiger partial charge in [-0.1, -0.05) is 36.4 Å². The Balaban J connectivity index is 1.17. The summed E-state index contributed by atoms with van der Waals surface area (Å²) < 4.78 is 19.8. The number of amides is 2. The highest BCUT2D eigenvalue weighted by Crippen LogP contribution is 2.36. The molecule has 0 spiro atoms. The van der Waals surface area contributed by atoms with Crippen LogP contribution in [-0.4, -0.2) is 52.9 Å². The summed E-state index contributed by atoms with van der Waals surface area (Å²) in [6.45, 7) is 2.67. The Bertz CT molecular complexity index is 1570. The molecule has 40 heavy (non-hydrogen) atoms. The van der Waals surface area contributed by atoms with Crippen LogP contribution in [0.15, 0.2) is 97.0 Å². The maximum atomic E-state index is 13.8. The molecule has 0 bridgehead atoms. The van der Waals surface area contributed by atoms with Gasteiger partial charge in [0.25, 0.3) is 11.8 Å². The van der Waals surface area contributed by atoms with E-state index in [1.54, 1.807) is 78.0 Å². The van der Waals surface area contributed by atoms with Crippen molar-refractivity contribution in [2.24, 2.45) is 0 Å². The number of ether oxygens (including phenoxy) is 1. The number of benzene rings is 3. The smallest absolute Gasteiger partial charge is 0.294 e. The first-order chi connectivity index (χ1) is 19.5. The topological polar surface area (TPSA) is 78.9 Å².